The van der Waals surface area contributed by atoms with E-state index in [1.165, 1.54) is 19.3 Å². The molecule has 1 aliphatic carbocycles. The van der Waals surface area contributed by atoms with E-state index in [2.05, 4.69) is 10.6 Å². The van der Waals surface area contributed by atoms with Crippen LogP contribution < -0.4 is 10.6 Å². The van der Waals surface area contributed by atoms with Crippen molar-refractivity contribution >= 4 is 5.97 Å². The first-order valence-corrected chi connectivity index (χ1v) is 6.88. The van der Waals surface area contributed by atoms with Gasteiger partial charge in [-0.05, 0) is 12.8 Å². The number of carbonyl (C=O) groups is 1. The predicted molar refractivity (Wildman–Crippen MR) is 68.5 cm³/mol. The van der Waals surface area contributed by atoms with Crippen LogP contribution in [0.5, 0.6) is 0 Å². The number of aliphatic carboxylic acids is 1. The van der Waals surface area contributed by atoms with Crippen LogP contribution in [-0.2, 0) is 4.79 Å². The summed E-state index contributed by atoms with van der Waals surface area (Å²) in [6.45, 7) is 2.36. The first-order chi connectivity index (χ1) is 8.60. The average Bonchev–Trinajstić information content (AvgIpc) is 2.33. The topological polar surface area (TPSA) is 81.6 Å². The van der Waals surface area contributed by atoms with E-state index in [0.29, 0.717) is 13.1 Å². The molecule has 18 heavy (non-hydrogen) atoms. The number of hydrogen-bond donors (Lipinski definition) is 4. The first kappa shape index (κ1) is 13.8. The molecule has 0 radical (unpaired) electrons. The fourth-order valence-electron chi connectivity index (χ4n) is 3.10. The van der Waals surface area contributed by atoms with Crippen LogP contribution in [0.1, 0.15) is 38.5 Å². The van der Waals surface area contributed by atoms with Gasteiger partial charge in [0.1, 0.15) is 0 Å². The van der Waals surface area contributed by atoms with Gasteiger partial charge in [0.2, 0.25) is 0 Å². The maximum absolute atomic E-state index is 10.9. The van der Waals surface area contributed by atoms with Crippen molar-refractivity contribution in [2.75, 3.05) is 26.2 Å². The van der Waals surface area contributed by atoms with E-state index in [1.54, 1.807) is 0 Å². The second-order valence-corrected chi connectivity index (χ2v) is 6.03. The number of aliphatic hydroxyl groups excluding tert-OH is 1. The third-order valence-corrected chi connectivity index (χ3v) is 4.50. The fourth-order valence-corrected chi connectivity index (χ4v) is 3.10. The van der Waals surface area contributed by atoms with Gasteiger partial charge in [0, 0.05) is 31.7 Å². The molecule has 1 saturated carbocycles. The largest absolute Gasteiger partial charge is 0.481 e. The molecule has 2 rings (SSSR count). The van der Waals surface area contributed by atoms with Crippen molar-refractivity contribution in [1.29, 1.82) is 0 Å². The molecule has 2 aliphatic rings. The zero-order valence-electron chi connectivity index (χ0n) is 10.9. The molecule has 0 aromatic rings. The van der Waals surface area contributed by atoms with Crippen LogP contribution in [0.3, 0.4) is 0 Å². The highest BCUT2D eigenvalue weighted by molar-refractivity contribution is 5.68. The third-order valence-electron chi connectivity index (χ3n) is 4.50. The molecule has 2 fully saturated rings. The monoisotopic (exact) mass is 256 g/mol. The second-order valence-electron chi connectivity index (χ2n) is 6.03. The van der Waals surface area contributed by atoms with Crippen LogP contribution in [0, 0.1) is 5.41 Å². The molecule has 104 valence electrons. The van der Waals surface area contributed by atoms with Gasteiger partial charge in [-0.1, -0.05) is 19.3 Å². The molecular formula is C13H24N2O3. The van der Waals surface area contributed by atoms with Crippen molar-refractivity contribution in [3.8, 4) is 0 Å². The van der Waals surface area contributed by atoms with Gasteiger partial charge < -0.3 is 20.8 Å². The van der Waals surface area contributed by atoms with Crippen LogP contribution in [0.2, 0.25) is 0 Å². The Morgan fingerprint density at radius 2 is 1.89 bits per heavy atom. The Morgan fingerprint density at radius 1 is 1.22 bits per heavy atom. The van der Waals surface area contributed by atoms with Crippen molar-refractivity contribution in [2.45, 2.75) is 44.1 Å². The molecule has 0 atom stereocenters. The van der Waals surface area contributed by atoms with E-state index < -0.39 is 5.97 Å². The number of nitrogens with one attached hydrogen (secondary N) is 2. The minimum Gasteiger partial charge on any atom is -0.481 e. The molecule has 0 aromatic heterocycles. The maximum atomic E-state index is 10.9. The van der Waals surface area contributed by atoms with Crippen LogP contribution in [-0.4, -0.2) is 48.0 Å². The van der Waals surface area contributed by atoms with Crippen LogP contribution in [0.15, 0.2) is 0 Å². The lowest BCUT2D eigenvalue weighted by Crippen LogP contribution is -2.69. The van der Waals surface area contributed by atoms with Gasteiger partial charge in [-0.2, -0.15) is 0 Å². The Morgan fingerprint density at radius 3 is 2.33 bits per heavy atom. The third kappa shape index (κ3) is 3.02. The van der Waals surface area contributed by atoms with E-state index in [-0.39, 0.29) is 24.0 Å². The Labute approximate surface area is 108 Å². The lowest BCUT2D eigenvalue weighted by Gasteiger charge is -2.46. The Balaban J connectivity index is 1.90. The number of rotatable bonds is 6. The summed E-state index contributed by atoms with van der Waals surface area (Å²) >= 11 is 0. The fraction of sp³-hybridized carbons (Fsp3) is 0.923. The van der Waals surface area contributed by atoms with Crippen LogP contribution >= 0.6 is 0 Å². The molecule has 0 aromatic carbocycles. The van der Waals surface area contributed by atoms with Gasteiger partial charge in [-0.25, -0.2) is 0 Å². The molecule has 0 spiro atoms. The zero-order valence-corrected chi connectivity index (χ0v) is 10.9. The lowest BCUT2D eigenvalue weighted by molar-refractivity contribution is -0.139. The van der Waals surface area contributed by atoms with Gasteiger partial charge >= 0.3 is 5.97 Å². The molecule has 5 heteroatoms. The molecule has 0 bridgehead atoms. The predicted octanol–water partition coefficient (Wildman–Crippen LogP) is 0.335. The number of aliphatic hydroxyl groups is 1. The van der Waals surface area contributed by atoms with Crippen LogP contribution in [0.25, 0.3) is 0 Å². The van der Waals surface area contributed by atoms with Crippen molar-refractivity contribution in [3.05, 3.63) is 0 Å². The minimum atomic E-state index is -0.759. The number of carboxylic acids is 1. The summed E-state index contributed by atoms with van der Waals surface area (Å²) < 4.78 is 0. The van der Waals surface area contributed by atoms with Crippen LogP contribution in [0.4, 0.5) is 0 Å². The molecule has 0 amide bonds. The summed E-state index contributed by atoms with van der Waals surface area (Å²) in [5, 5.41) is 25.2. The maximum Gasteiger partial charge on any atom is 0.305 e. The summed E-state index contributed by atoms with van der Waals surface area (Å²) in [4.78, 5) is 10.9. The molecule has 1 heterocycles. The summed E-state index contributed by atoms with van der Waals surface area (Å²) in [7, 11) is 0. The highest BCUT2D eigenvalue weighted by Crippen LogP contribution is 2.36. The van der Waals surface area contributed by atoms with Crippen molar-refractivity contribution in [2.24, 2.45) is 5.41 Å². The summed E-state index contributed by atoms with van der Waals surface area (Å²) in [5.41, 5.74) is -0.329. The Bertz CT molecular complexity index is 297. The standard InChI is InChI=1S/C13H24N2O3/c16-10-12(4-2-1-3-5-12)7-15-13(6-11(17)18)8-14-9-13/h14-16H,1-10H2,(H,17,18). The van der Waals surface area contributed by atoms with Crippen molar-refractivity contribution in [1.82, 2.24) is 10.6 Å². The lowest BCUT2D eigenvalue weighted by atomic mass is 9.73. The number of hydrogen-bond acceptors (Lipinski definition) is 4. The van der Waals surface area contributed by atoms with Crippen molar-refractivity contribution < 1.29 is 15.0 Å². The van der Waals surface area contributed by atoms with E-state index in [0.717, 1.165) is 19.4 Å². The Hall–Kier alpha value is -0.650. The molecular weight excluding hydrogens is 232 g/mol. The van der Waals surface area contributed by atoms with Gasteiger partial charge in [0.05, 0.1) is 12.0 Å². The van der Waals surface area contributed by atoms with E-state index in [1.807, 2.05) is 0 Å². The highest BCUT2D eigenvalue weighted by atomic mass is 16.4. The van der Waals surface area contributed by atoms with Gasteiger partial charge in [0.15, 0.2) is 0 Å². The zero-order chi connectivity index (χ0) is 13.1. The van der Waals surface area contributed by atoms with Gasteiger partial charge in [-0.15, -0.1) is 0 Å². The van der Waals surface area contributed by atoms with Crippen molar-refractivity contribution in [3.63, 3.8) is 0 Å². The van der Waals surface area contributed by atoms with E-state index >= 15 is 0 Å². The second kappa shape index (κ2) is 5.55. The summed E-state index contributed by atoms with van der Waals surface area (Å²) in [6, 6.07) is 0. The smallest absolute Gasteiger partial charge is 0.305 e. The molecule has 0 unspecified atom stereocenters. The summed E-state index contributed by atoms with van der Waals surface area (Å²) in [6.07, 6.45) is 5.85. The first-order valence-electron chi connectivity index (χ1n) is 6.88. The quantitative estimate of drug-likeness (QED) is 0.551. The van der Waals surface area contributed by atoms with E-state index in [4.69, 9.17) is 5.11 Å². The highest BCUT2D eigenvalue weighted by Gasteiger charge is 2.41. The normalized spacial score (nSPS) is 25.4. The average molecular weight is 256 g/mol. The molecule has 5 nitrogen and oxygen atoms in total. The minimum absolute atomic E-state index is 0.0284. The molecule has 1 aliphatic heterocycles. The molecule has 4 N–H and O–H groups in total. The Kier molecular flexibility index (Phi) is 4.25. The summed E-state index contributed by atoms with van der Waals surface area (Å²) in [5.74, 6) is -0.759. The number of carboxylic acid groups (broad SMARTS) is 1. The molecule has 1 saturated heterocycles. The van der Waals surface area contributed by atoms with E-state index in [9.17, 15) is 9.90 Å². The SMILES string of the molecule is O=C(O)CC1(NCC2(CO)CCCCC2)CNC1. The van der Waals surface area contributed by atoms with Gasteiger partial charge in [0.25, 0.3) is 0 Å². The van der Waals surface area contributed by atoms with Gasteiger partial charge in [-0.3, -0.25) is 4.79 Å².